The Bertz CT molecular complexity index is 833. The fourth-order valence-electron chi connectivity index (χ4n) is 2.01. The first-order chi connectivity index (χ1) is 11.3. The van der Waals surface area contributed by atoms with Gasteiger partial charge >= 0.3 is 0 Å². The molecule has 2 aromatic rings. The minimum absolute atomic E-state index is 0.225. The van der Waals surface area contributed by atoms with E-state index in [1.807, 2.05) is 0 Å². The van der Waals surface area contributed by atoms with Gasteiger partial charge in [-0.25, -0.2) is 0 Å². The molecular weight excluding hydrogens is 338 g/mol. The summed E-state index contributed by atoms with van der Waals surface area (Å²) in [7, 11) is 1.39. The average Bonchev–Trinajstić information content (AvgIpc) is 2.54. The van der Waals surface area contributed by atoms with Crippen LogP contribution in [-0.2, 0) is 0 Å². The molecule has 0 radical (unpaired) electrons. The maximum atomic E-state index is 12.3. The van der Waals surface area contributed by atoms with Gasteiger partial charge in [-0.2, -0.15) is 0 Å². The van der Waals surface area contributed by atoms with Crippen LogP contribution in [0.4, 0.5) is 5.69 Å². The van der Waals surface area contributed by atoms with Gasteiger partial charge in [0.2, 0.25) is 0 Å². The molecule has 0 spiro atoms. The van der Waals surface area contributed by atoms with Crippen LogP contribution in [0.2, 0.25) is 5.02 Å². The van der Waals surface area contributed by atoms with Crippen LogP contribution < -0.4 is 20.3 Å². The number of nitrogens with one attached hydrogen (secondary N) is 1. The van der Waals surface area contributed by atoms with Gasteiger partial charge in [0.25, 0.3) is 5.91 Å². The molecule has 1 N–H and O–H groups in total. The van der Waals surface area contributed by atoms with Gasteiger partial charge in [-0.05, 0) is 35.9 Å². The molecule has 0 aliphatic rings. The Labute approximate surface area is 141 Å². The Morgan fingerprint density at radius 1 is 1.00 bits per heavy atom. The lowest BCUT2D eigenvalue weighted by molar-refractivity contribution is -0.255. The van der Waals surface area contributed by atoms with Crippen molar-refractivity contribution in [1.29, 1.82) is 0 Å². The van der Waals surface area contributed by atoms with Crippen molar-refractivity contribution >= 4 is 35.1 Å². The van der Waals surface area contributed by atoms with Crippen molar-refractivity contribution in [2.45, 2.75) is 0 Å². The smallest absolute Gasteiger partial charge is 0.256 e. The molecule has 0 aromatic heterocycles. The lowest BCUT2D eigenvalue weighted by Gasteiger charge is -2.15. The molecule has 8 heteroatoms. The van der Waals surface area contributed by atoms with Gasteiger partial charge < -0.3 is 29.9 Å². The molecule has 0 bridgehead atoms. The molecule has 0 atom stereocenters. The molecule has 124 valence electrons. The number of carbonyl (C=O) groups is 3. The van der Waals surface area contributed by atoms with Gasteiger partial charge in [-0.3, -0.25) is 4.79 Å². The number of methoxy groups -OCH3 is 1. The number of hydrogen-bond acceptors (Lipinski definition) is 6. The second kappa shape index (κ2) is 7.01. The van der Waals surface area contributed by atoms with Crippen molar-refractivity contribution in [3.8, 4) is 5.75 Å². The molecule has 0 saturated heterocycles. The number of carboxylic acids is 2. The van der Waals surface area contributed by atoms with Gasteiger partial charge in [-0.15, -0.1) is 0 Å². The van der Waals surface area contributed by atoms with Crippen LogP contribution >= 0.6 is 11.6 Å². The van der Waals surface area contributed by atoms with E-state index in [0.717, 1.165) is 18.2 Å². The largest absolute Gasteiger partial charge is 0.545 e. The summed E-state index contributed by atoms with van der Waals surface area (Å²) in [6.07, 6.45) is 0. The second-order valence-corrected chi connectivity index (χ2v) is 5.07. The van der Waals surface area contributed by atoms with Crippen molar-refractivity contribution in [3.63, 3.8) is 0 Å². The highest BCUT2D eigenvalue weighted by Gasteiger charge is 2.15. The molecule has 24 heavy (non-hydrogen) atoms. The van der Waals surface area contributed by atoms with Gasteiger partial charge in [0.1, 0.15) is 5.75 Å². The van der Waals surface area contributed by atoms with Crippen LogP contribution in [0.1, 0.15) is 31.1 Å². The molecule has 0 heterocycles. The summed E-state index contributed by atoms with van der Waals surface area (Å²) in [5.74, 6) is -3.74. The number of aromatic carboxylic acids is 2. The Morgan fingerprint density at radius 2 is 1.71 bits per heavy atom. The number of amides is 1. The van der Waals surface area contributed by atoms with Gasteiger partial charge in [-0.1, -0.05) is 17.7 Å². The summed E-state index contributed by atoms with van der Waals surface area (Å²) >= 11 is 5.86. The molecule has 0 aliphatic carbocycles. The number of benzene rings is 2. The van der Waals surface area contributed by atoms with Gasteiger partial charge in [0.05, 0.1) is 24.7 Å². The van der Waals surface area contributed by atoms with E-state index < -0.39 is 23.4 Å². The maximum absolute atomic E-state index is 12.3. The number of anilines is 1. The summed E-state index contributed by atoms with van der Waals surface area (Å²) < 4.78 is 5.08. The lowest BCUT2D eigenvalue weighted by Crippen LogP contribution is -2.28. The fraction of sp³-hybridized carbons (Fsp3) is 0.0625. The molecule has 7 nitrogen and oxygen atoms in total. The average molecular weight is 348 g/mol. The number of halogens is 1. The lowest BCUT2D eigenvalue weighted by atomic mass is 10.0. The van der Waals surface area contributed by atoms with Crippen LogP contribution in [0.3, 0.4) is 0 Å². The predicted molar refractivity (Wildman–Crippen MR) is 81.1 cm³/mol. The molecule has 1 amide bonds. The monoisotopic (exact) mass is 347 g/mol. The van der Waals surface area contributed by atoms with Crippen molar-refractivity contribution in [2.75, 3.05) is 12.4 Å². The first-order valence-corrected chi connectivity index (χ1v) is 6.93. The molecule has 0 saturated carbocycles. The summed E-state index contributed by atoms with van der Waals surface area (Å²) in [5.41, 5.74) is -1.01. The number of carboxylic acid groups (broad SMARTS) is 2. The van der Waals surface area contributed by atoms with Crippen LogP contribution in [-0.4, -0.2) is 25.0 Å². The molecular formula is C16H10ClNO6-2. The normalized spacial score (nSPS) is 10.1. The topological polar surface area (TPSA) is 119 Å². The second-order valence-electron chi connectivity index (χ2n) is 4.63. The van der Waals surface area contributed by atoms with E-state index in [2.05, 4.69) is 5.32 Å². The number of ether oxygens (including phenoxy) is 1. The van der Waals surface area contributed by atoms with E-state index in [1.54, 1.807) is 6.07 Å². The van der Waals surface area contributed by atoms with Crippen molar-refractivity contribution in [1.82, 2.24) is 0 Å². The molecule has 2 rings (SSSR count). The molecule has 0 unspecified atom stereocenters. The molecule has 0 aliphatic heterocycles. The van der Waals surface area contributed by atoms with Gasteiger partial charge in [0.15, 0.2) is 0 Å². The first kappa shape index (κ1) is 17.3. The van der Waals surface area contributed by atoms with E-state index in [4.69, 9.17) is 16.3 Å². The minimum Gasteiger partial charge on any atom is -0.545 e. The number of hydrogen-bond donors (Lipinski definition) is 1. The van der Waals surface area contributed by atoms with Crippen molar-refractivity contribution in [3.05, 3.63) is 58.1 Å². The van der Waals surface area contributed by atoms with Crippen LogP contribution in [0.15, 0.2) is 36.4 Å². The minimum atomic E-state index is -1.69. The predicted octanol–water partition coefficient (Wildman–Crippen LogP) is 0.328. The zero-order valence-corrected chi connectivity index (χ0v) is 13.0. The Morgan fingerprint density at radius 3 is 2.29 bits per heavy atom. The Balaban J connectivity index is 2.42. The summed E-state index contributed by atoms with van der Waals surface area (Å²) in [4.78, 5) is 34.3. The van der Waals surface area contributed by atoms with E-state index in [0.29, 0.717) is 10.8 Å². The molecule has 0 fully saturated rings. The highest BCUT2D eigenvalue weighted by Crippen LogP contribution is 2.28. The number of carbonyl (C=O) groups excluding carboxylic acids is 3. The highest BCUT2D eigenvalue weighted by molar-refractivity contribution is 6.31. The Hall–Kier alpha value is -3.06. The maximum Gasteiger partial charge on any atom is 0.256 e. The van der Waals surface area contributed by atoms with E-state index >= 15 is 0 Å². The third-order valence-electron chi connectivity index (χ3n) is 3.13. The van der Waals surface area contributed by atoms with Crippen molar-refractivity contribution < 1.29 is 29.3 Å². The summed E-state index contributed by atoms with van der Waals surface area (Å²) in [6, 6.07) is 7.42. The highest BCUT2D eigenvalue weighted by atomic mass is 35.5. The zero-order chi connectivity index (χ0) is 17.9. The number of rotatable bonds is 5. The molecule has 2 aromatic carbocycles. The summed E-state index contributed by atoms with van der Waals surface area (Å²) in [6.45, 7) is 0. The van der Waals surface area contributed by atoms with Crippen LogP contribution in [0.5, 0.6) is 5.75 Å². The SMILES string of the molecule is COc1ccc(Cl)cc1NC(=O)c1ccc(C(=O)[O-])cc1C(=O)[O-]. The van der Waals surface area contributed by atoms with E-state index in [-0.39, 0.29) is 16.8 Å². The standard InChI is InChI=1S/C16H12ClNO6/c1-24-13-5-3-9(17)7-12(13)18-14(19)10-4-2-8(15(20)21)6-11(10)16(22)23/h2-7H,1H3,(H,18,19)(H,20,21)(H,22,23)/p-2. The quantitative estimate of drug-likeness (QED) is 0.832. The van der Waals surface area contributed by atoms with E-state index in [9.17, 15) is 24.6 Å². The first-order valence-electron chi connectivity index (χ1n) is 6.55. The Kier molecular flexibility index (Phi) is 5.05. The van der Waals surface area contributed by atoms with Gasteiger partial charge in [0, 0.05) is 16.1 Å². The van der Waals surface area contributed by atoms with Crippen molar-refractivity contribution in [2.24, 2.45) is 0 Å². The third-order valence-corrected chi connectivity index (χ3v) is 3.36. The zero-order valence-electron chi connectivity index (χ0n) is 12.3. The fourth-order valence-corrected chi connectivity index (χ4v) is 2.18. The van der Waals surface area contributed by atoms with Crippen LogP contribution in [0, 0.1) is 0 Å². The van der Waals surface area contributed by atoms with Crippen LogP contribution in [0.25, 0.3) is 0 Å². The third kappa shape index (κ3) is 3.64. The van der Waals surface area contributed by atoms with E-state index in [1.165, 1.54) is 19.2 Å². The summed E-state index contributed by atoms with van der Waals surface area (Å²) in [5, 5.41) is 24.8.